The van der Waals surface area contributed by atoms with Gasteiger partial charge in [0.15, 0.2) is 0 Å². The maximum atomic E-state index is 11.3. The van der Waals surface area contributed by atoms with Gasteiger partial charge in [-0.1, -0.05) is 12.1 Å². The maximum absolute atomic E-state index is 11.3. The average Bonchev–Trinajstić information content (AvgIpc) is 2.69. The Bertz CT molecular complexity index is 463. The Balaban J connectivity index is 2.32. The standard InChI is InChI=1S/C13H13NO2/c1-10(16)14-7-6-12-9-11(3-2-8-15)4-5-13(12)14/h2-5,8-9H,6-7H2,1H3. The van der Waals surface area contributed by atoms with Crippen LogP contribution in [0.5, 0.6) is 0 Å². The Hall–Kier alpha value is -1.90. The average molecular weight is 215 g/mol. The van der Waals surface area contributed by atoms with E-state index < -0.39 is 0 Å². The molecule has 0 radical (unpaired) electrons. The van der Waals surface area contributed by atoms with Crippen LogP contribution in [0.1, 0.15) is 18.1 Å². The lowest BCUT2D eigenvalue weighted by atomic mass is 10.1. The Labute approximate surface area is 94.4 Å². The van der Waals surface area contributed by atoms with Gasteiger partial charge >= 0.3 is 0 Å². The van der Waals surface area contributed by atoms with E-state index in [1.54, 1.807) is 17.9 Å². The van der Waals surface area contributed by atoms with Crippen molar-refractivity contribution in [2.75, 3.05) is 11.4 Å². The molecule has 3 heteroatoms. The molecule has 16 heavy (non-hydrogen) atoms. The van der Waals surface area contributed by atoms with Crippen LogP contribution in [-0.2, 0) is 16.0 Å². The van der Waals surface area contributed by atoms with Gasteiger partial charge < -0.3 is 4.90 Å². The van der Waals surface area contributed by atoms with Crippen LogP contribution in [0.15, 0.2) is 24.3 Å². The van der Waals surface area contributed by atoms with Gasteiger partial charge in [0.25, 0.3) is 0 Å². The summed E-state index contributed by atoms with van der Waals surface area (Å²) < 4.78 is 0. The monoisotopic (exact) mass is 215 g/mol. The van der Waals surface area contributed by atoms with E-state index in [4.69, 9.17) is 0 Å². The van der Waals surface area contributed by atoms with Gasteiger partial charge in [0.05, 0.1) is 0 Å². The van der Waals surface area contributed by atoms with Gasteiger partial charge in [-0.2, -0.15) is 0 Å². The minimum Gasteiger partial charge on any atom is -0.312 e. The molecule has 1 aliphatic heterocycles. The molecule has 0 unspecified atom stereocenters. The first-order valence-electron chi connectivity index (χ1n) is 5.25. The van der Waals surface area contributed by atoms with Gasteiger partial charge in [-0.15, -0.1) is 0 Å². The highest BCUT2D eigenvalue weighted by Gasteiger charge is 2.21. The third-order valence-corrected chi connectivity index (χ3v) is 2.75. The summed E-state index contributed by atoms with van der Waals surface area (Å²) in [6.45, 7) is 2.33. The molecule has 1 aromatic carbocycles. The van der Waals surface area contributed by atoms with Crippen molar-refractivity contribution in [2.24, 2.45) is 0 Å². The molecular weight excluding hydrogens is 202 g/mol. The van der Waals surface area contributed by atoms with Crippen LogP contribution in [0, 0.1) is 0 Å². The van der Waals surface area contributed by atoms with E-state index in [2.05, 4.69) is 0 Å². The fourth-order valence-corrected chi connectivity index (χ4v) is 2.00. The van der Waals surface area contributed by atoms with Gasteiger partial charge in [0.1, 0.15) is 6.29 Å². The van der Waals surface area contributed by atoms with Crippen LogP contribution in [0.25, 0.3) is 6.08 Å². The van der Waals surface area contributed by atoms with E-state index in [1.807, 2.05) is 18.2 Å². The van der Waals surface area contributed by atoms with Gasteiger partial charge in [-0.3, -0.25) is 9.59 Å². The first-order valence-corrected chi connectivity index (χ1v) is 5.25. The lowest BCUT2D eigenvalue weighted by Crippen LogP contribution is -2.25. The van der Waals surface area contributed by atoms with Gasteiger partial charge in [0, 0.05) is 19.2 Å². The van der Waals surface area contributed by atoms with Crippen molar-refractivity contribution in [1.29, 1.82) is 0 Å². The molecule has 0 fully saturated rings. The molecule has 0 saturated carbocycles. The molecule has 1 amide bonds. The number of hydrogen-bond acceptors (Lipinski definition) is 2. The number of benzene rings is 1. The lowest BCUT2D eigenvalue weighted by Gasteiger charge is -2.14. The summed E-state index contributed by atoms with van der Waals surface area (Å²) in [5, 5.41) is 0. The zero-order chi connectivity index (χ0) is 11.5. The Morgan fingerprint density at radius 2 is 2.25 bits per heavy atom. The lowest BCUT2D eigenvalue weighted by molar-refractivity contribution is -0.116. The van der Waals surface area contributed by atoms with Gasteiger partial charge in [-0.05, 0) is 35.8 Å². The van der Waals surface area contributed by atoms with Crippen LogP contribution in [0.2, 0.25) is 0 Å². The van der Waals surface area contributed by atoms with Crippen LogP contribution in [0.3, 0.4) is 0 Å². The molecular formula is C13H13NO2. The third kappa shape index (κ3) is 1.89. The molecule has 0 aliphatic carbocycles. The molecule has 0 atom stereocenters. The summed E-state index contributed by atoms with van der Waals surface area (Å²) in [5.74, 6) is 0.0786. The number of fused-ring (bicyclic) bond motifs is 1. The van der Waals surface area contributed by atoms with E-state index in [0.29, 0.717) is 0 Å². The second-order valence-corrected chi connectivity index (χ2v) is 3.80. The first-order chi connectivity index (χ1) is 7.72. The molecule has 1 aliphatic rings. The highest BCUT2D eigenvalue weighted by molar-refractivity contribution is 5.94. The minimum atomic E-state index is 0.0786. The van der Waals surface area contributed by atoms with Crippen LogP contribution >= 0.6 is 0 Å². The molecule has 1 aromatic rings. The number of hydrogen-bond donors (Lipinski definition) is 0. The predicted molar refractivity (Wildman–Crippen MR) is 63.3 cm³/mol. The number of rotatable bonds is 2. The summed E-state index contributed by atoms with van der Waals surface area (Å²) in [7, 11) is 0. The van der Waals surface area contributed by atoms with Crippen LogP contribution < -0.4 is 4.90 Å². The maximum Gasteiger partial charge on any atom is 0.223 e. The molecule has 0 aromatic heterocycles. The van der Waals surface area contributed by atoms with Crippen molar-refractivity contribution >= 4 is 24.0 Å². The summed E-state index contributed by atoms with van der Waals surface area (Å²) in [4.78, 5) is 23.3. The molecule has 82 valence electrons. The Morgan fingerprint density at radius 1 is 1.44 bits per heavy atom. The van der Waals surface area contributed by atoms with E-state index in [0.717, 1.165) is 30.5 Å². The zero-order valence-corrected chi connectivity index (χ0v) is 9.14. The molecule has 0 bridgehead atoms. The van der Waals surface area contributed by atoms with Crippen molar-refractivity contribution in [3.8, 4) is 0 Å². The fraction of sp³-hybridized carbons (Fsp3) is 0.231. The molecule has 0 saturated heterocycles. The first kappa shape index (κ1) is 10.6. The predicted octanol–water partition coefficient (Wildman–Crippen LogP) is 1.81. The number of amides is 1. The number of carbonyl (C=O) groups is 2. The van der Waals surface area contributed by atoms with Crippen molar-refractivity contribution in [2.45, 2.75) is 13.3 Å². The molecule has 1 heterocycles. The topological polar surface area (TPSA) is 37.4 Å². The van der Waals surface area contributed by atoms with Crippen molar-refractivity contribution in [3.63, 3.8) is 0 Å². The summed E-state index contributed by atoms with van der Waals surface area (Å²) in [5.41, 5.74) is 3.16. The SMILES string of the molecule is CC(=O)N1CCc2cc(C=CC=O)ccc21. The molecule has 2 rings (SSSR count). The normalized spacial score (nSPS) is 14.2. The second-order valence-electron chi connectivity index (χ2n) is 3.80. The van der Waals surface area contributed by atoms with E-state index >= 15 is 0 Å². The largest absolute Gasteiger partial charge is 0.312 e. The van der Waals surface area contributed by atoms with E-state index in [-0.39, 0.29) is 5.91 Å². The highest BCUT2D eigenvalue weighted by Crippen LogP contribution is 2.29. The van der Waals surface area contributed by atoms with Crippen molar-refractivity contribution in [1.82, 2.24) is 0 Å². The summed E-state index contributed by atoms with van der Waals surface area (Å²) in [6, 6.07) is 5.88. The third-order valence-electron chi connectivity index (χ3n) is 2.75. The molecule has 0 N–H and O–H groups in total. The number of aldehydes is 1. The summed E-state index contributed by atoms with van der Waals surface area (Å²) in [6.07, 6.45) is 4.88. The zero-order valence-electron chi connectivity index (χ0n) is 9.14. The number of nitrogens with zero attached hydrogens (tertiary/aromatic N) is 1. The van der Waals surface area contributed by atoms with Gasteiger partial charge in [0.2, 0.25) is 5.91 Å². The summed E-state index contributed by atoms with van der Waals surface area (Å²) >= 11 is 0. The van der Waals surface area contributed by atoms with Crippen molar-refractivity contribution < 1.29 is 9.59 Å². The van der Waals surface area contributed by atoms with Gasteiger partial charge in [-0.25, -0.2) is 0 Å². The highest BCUT2D eigenvalue weighted by atomic mass is 16.2. The number of anilines is 1. The quantitative estimate of drug-likeness (QED) is 0.557. The minimum absolute atomic E-state index is 0.0786. The Morgan fingerprint density at radius 3 is 2.94 bits per heavy atom. The molecule has 3 nitrogen and oxygen atoms in total. The van der Waals surface area contributed by atoms with Crippen LogP contribution in [0.4, 0.5) is 5.69 Å². The number of allylic oxidation sites excluding steroid dienone is 1. The smallest absolute Gasteiger partial charge is 0.223 e. The van der Waals surface area contributed by atoms with E-state index in [1.165, 1.54) is 11.6 Å². The van der Waals surface area contributed by atoms with E-state index in [9.17, 15) is 9.59 Å². The molecule has 0 spiro atoms. The Kier molecular flexibility index (Phi) is 2.86. The second kappa shape index (κ2) is 4.31. The fourth-order valence-electron chi connectivity index (χ4n) is 2.00. The number of carbonyl (C=O) groups excluding carboxylic acids is 2. The van der Waals surface area contributed by atoms with Crippen LogP contribution in [-0.4, -0.2) is 18.7 Å². The van der Waals surface area contributed by atoms with Crippen molar-refractivity contribution in [3.05, 3.63) is 35.4 Å².